The van der Waals surface area contributed by atoms with Gasteiger partial charge in [0.15, 0.2) is 17.3 Å². The van der Waals surface area contributed by atoms with Crippen molar-refractivity contribution in [3.05, 3.63) is 28.1 Å². The van der Waals surface area contributed by atoms with Crippen LogP contribution in [0.3, 0.4) is 0 Å². The summed E-state index contributed by atoms with van der Waals surface area (Å²) >= 11 is 0. The molecule has 3 rings (SSSR count). The van der Waals surface area contributed by atoms with Gasteiger partial charge in [0, 0.05) is 32.8 Å². The number of hydrogen-bond donors (Lipinski definition) is 1. The van der Waals surface area contributed by atoms with Crippen molar-refractivity contribution in [2.75, 3.05) is 54.1 Å². The number of halogens is 1. The van der Waals surface area contributed by atoms with Crippen LogP contribution in [-0.2, 0) is 4.74 Å². The van der Waals surface area contributed by atoms with Crippen molar-refractivity contribution < 1.29 is 23.7 Å². The van der Waals surface area contributed by atoms with E-state index in [1.165, 1.54) is 19.2 Å². The minimum absolute atomic E-state index is 0. The standard InChI is InChI=1S/C17H23N5O6.ClH/c1-21-5-4-18-10-13(21)16-19-17(28-20-16)11-8-14(26-3)15(27-7-6-25-2)9-12(11)22(23)24;/h8-9,13,18H,4-7,10H2,1-3H3;1H. The number of hydrogen-bond acceptors (Lipinski definition) is 10. The molecule has 1 aliphatic heterocycles. The summed E-state index contributed by atoms with van der Waals surface area (Å²) in [5.74, 6) is 1.10. The van der Waals surface area contributed by atoms with E-state index < -0.39 is 4.92 Å². The first kappa shape index (κ1) is 22.8. The summed E-state index contributed by atoms with van der Waals surface area (Å²) in [6.45, 7) is 2.97. The maximum Gasteiger partial charge on any atom is 0.286 e. The minimum Gasteiger partial charge on any atom is -0.493 e. The van der Waals surface area contributed by atoms with Gasteiger partial charge in [0.1, 0.15) is 12.2 Å². The lowest BCUT2D eigenvalue weighted by molar-refractivity contribution is -0.384. The predicted molar refractivity (Wildman–Crippen MR) is 106 cm³/mol. The van der Waals surface area contributed by atoms with Gasteiger partial charge in [0.2, 0.25) is 0 Å². The molecule has 2 aromatic rings. The fourth-order valence-corrected chi connectivity index (χ4v) is 2.95. The molecule has 1 N–H and O–H groups in total. The van der Waals surface area contributed by atoms with Crippen LogP contribution in [0.5, 0.6) is 11.5 Å². The number of nitro benzene ring substituents is 1. The first-order valence-corrected chi connectivity index (χ1v) is 8.78. The molecule has 0 bridgehead atoms. The maximum absolute atomic E-state index is 11.6. The third-order valence-corrected chi connectivity index (χ3v) is 4.50. The van der Waals surface area contributed by atoms with E-state index in [-0.39, 0.29) is 47.9 Å². The van der Waals surface area contributed by atoms with Crippen molar-refractivity contribution in [1.29, 1.82) is 0 Å². The minimum atomic E-state index is -0.518. The van der Waals surface area contributed by atoms with E-state index in [0.29, 0.717) is 24.7 Å². The Labute approximate surface area is 173 Å². The van der Waals surface area contributed by atoms with Gasteiger partial charge in [-0.15, -0.1) is 12.4 Å². The van der Waals surface area contributed by atoms with Gasteiger partial charge < -0.3 is 24.1 Å². The van der Waals surface area contributed by atoms with Crippen LogP contribution in [0, 0.1) is 10.1 Å². The number of methoxy groups -OCH3 is 2. The van der Waals surface area contributed by atoms with Crippen LogP contribution in [0.1, 0.15) is 11.9 Å². The Balaban J connectivity index is 0.00000300. The van der Waals surface area contributed by atoms with E-state index in [9.17, 15) is 10.1 Å². The van der Waals surface area contributed by atoms with Gasteiger partial charge in [-0.3, -0.25) is 15.0 Å². The molecule has 0 spiro atoms. The topological polar surface area (TPSA) is 125 Å². The highest BCUT2D eigenvalue weighted by Crippen LogP contribution is 2.39. The fourth-order valence-electron chi connectivity index (χ4n) is 2.95. The SMILES string of the molecule is COCCOc1cc([N+](=O)[O-])c(-c2nc(C3CNCCN3C)no2)cc1OC.Cl. The second-order valence-corrected chi connectivity index (χ2v) is 6.28. The average molecular weight is 430 g/mol. The van der Waals surface area contributed by atoms with E-state index >= 15 is 0 Å². The molecular formula is C17H24ClN5O6. The van der Waals surface area contributed by atoms with E-state index in [4.69, 9.17) is 18.7 Å². The molecule has 0 radical (unpaired) electrons. The van der Waals surface area contributed by atoms with E-state index in [1.54, 1.807) is 7.11 Å². The summed E-state index contributed by atoms with van der Waals surface area (Å²) in [5.41, 5.74) is -0.0374. The molecule has 11 nitrogen and oxygen atoms in total. The Morgan fingerprint density at radius 3 is 2.79 bits per heavy atom. The van der Waals surface area contributed by atoms with Crippen LogP contribution in [0.15, 0.2) is 16.7 Å². The zero-order chi connectivity index (χ0) is 20.1. The molecule has 2 heterocycles. The molecular weight excluding hydrogens is 406 g/mol. The lowest BCUT2D eigenvalue weighted by Gasteiger charge is -2.30. The van der Waals surface area contributed by atoms with Gasteiger partial charge in [-0.05, 0) is 7.05 Å². The number of piperazine rings is 1. The number of ether oxygens (including phenoxy) is 3. The average Bonchev–Trinajstić information content (AvgIpc) is 3.17. The Morgan fingerprint density at radius 1 is 1.34 bits per heavy atom. The predicted octanol–water partition coefficient (Wildman–Crippen LogP) is 1.68. The molecule has 160 valence electrons. The third-order valence-electron chi connectivity index (χ3n) is 4.50. The zero-order valence-electron chi connectivity index (χ0n) is 16.4. The van der Waals surface area contributed by atoms with E-state index in [0.717, 1.165) is 13.1 Å². The quantitative estimate of drug-likeness (QED) is 0.376. The van der Waals surface area contributed by atoms with Crippen LogP contribution < -0.4 is 14.8 Å². The molecule has 1 saturated heterocycles. The van der Waals surface area contributed by atoms with Crippen molar-refractivity contribution in [3.8, 4) is 23.0 Å². The number of likely N-dealkylation sites (N-methyl/N-ethyl adjacent to an activating group) is 1. The zero-order valence-corrected chi connectivity index (χ0v) is 17.2. The second kappa shape index (κ2) is 10.3. The molecule has 1 unspecified atom stereocenters. The van der Waals surface area contributed by atoms with Crippen molar-refractivity contribution >= 4 is 18.1 Å². The number of aromatic nitrogens is 2. The number of rotatable bonds is 8. The molecule has 1 aromatic carbocycles. The van der Waals surface area contributed by atoms with Crippen molar-refractivity contribution in [3.63, 3.8) is 0 Å². The lowest BCUT2D eigenvalue weighted by Crippen LogP contribution is -2.44. The number of benzene rings is 1. The highest BCUT2D eigenvalue weighted by molar-refractivity contribution is 5.85. The van der Waals surface area contributed by atoms with Crippen molar-refractivity contribution in [1.82, 2.24) is 20.4 Å². The van der Waals surface area contributed by atoms with E-state index in [2.05, 4.69) is 20.4 Å². The van der Waals surface area contributed by atoms with Gasteiger partial charge in [0.05, 0.1) is 30.7 Å². The van der Waals surface area contributed by atoms with E-state index in [1.807, 2.05) is 7.05 Å². The highest BCUT2D eigenvalue weighted by Gasteiger charge is 2.29. The van der Waals surface area contributed by atoms with Gasteiger partial charge in [-0.25, -0.2) is 0 Å². The molecule has 12 heteroatoms. The highest BCUT2D eigenvalue weighted by atomic mass is 35.5. The van der Waals surface area contributed by atoms with Gasteiger partial charge >= 0.3 is 0 Å². The molecule has 0 saturated carbocycles. The monoisotopic (exact) mass is 429 g/mol. The Morgan fingerprint density at radius 2 is 2.14 bits per heavy atom. The third kappa shape index (κ3) is 5.12. The van der Waals surface area contributed by atoms with Gasteiger partial charge in [0.25, 0.3) is 11.6 Å². The molecule has 1 aromatic heterocycles. The van der Waals surface area contributed by atoms with Crippen LogP contribution in [0.4, 0.5) is 5.69 Å². The van der Waals surface area contributed by atoms with Gasteiger partial charge in [-0.1, -0.05) is 5.16 Å². The van der Waals surface area contributed by atoms with Crippen LogP contribution in [0.2, 0.25) is 0 Å². The van der Waals surface area contributed by atoms with Crippen LogP contribution in [0.25, 0.3) is 11.5 Å². The molecule has 0 aliphatic carbocycles. The summed E-state index contributed by atoms with van der Waals surface area (Å²) in [6, 6.07) is 2.70. The Hall–Kier alpha value is -2.47. The summed E-state index contributed by atoms with van der Waals surface area (Å²) in [4.78, 5) is 17.6. The normalized spacial score (nSPS) is 16.9. The van der Waals surface area contributed by atoms with Crippen LogP contribution in [-0.4, -0.2) is 74.1 Å². The summed E-state index contributed by atoms with van der Waals surface area (Å²) < 4.78 is 21.1. The first-order chi connectivity index (χ1) is 13.5. The Bertz CT molecular complexity index is 833. The first-order valence-electron chi connectivity index (χ1n) is 8.78. The van der Waals surface area contributed by atoms with Crippen molar-refractivity contribution in [2.24, 2.45) is 0 Å². The fraction of sp³-hybridized carbons (Fsp3) is 0.529. The summed E-state index contributed by atoms with van der Waals surface area (Å²) in [6.07, 6.45) is 0. The van der Waals surface area contributed by atoms with Crippen molar-refractivity contribution in [2.45, 2.75) is 6.04 Å². The molecule has 29 heavy (non-hydrogen) atoms. The summed E-state index contributed by atoms with van der Waals surface area (Å²) in [5, 5.41) is 18.9. The largest absolute Gasteiger partial charge is 0.493 e. The number of nitrogens with one attached hydrogen (secondary N) is 1. The molecule has 1 atom stereocenters. The number of nitrogens with zero attached hydrogens (tertiary/aromatic N) is 4. The number of nitro groups is 1. The maximum atomic E-state index is 11.6. The second-order valence-electron chi connectivity index (χ2n) is 6.28. The molecule has 0 amide bonds. The lowest BCUT2D eigenvalue weighted by atomic mass is 10.1. The molecule has 1 aliphatic rings. The van der Waals surface area contributed by atoms with Crippen LogP contribution >= 0.6 is 12.4 Å². The Kier molecular flexibility index (Phi) is 8.14. The molecule has 1 fully saturated rings. The smallest absolute Gasteiger partial charge is 0.286 e. The van der Waals surface area contributed by atoms with Gasteiger partial charge in [-0.2, -0.15) is 4.98 Å². The summed E-state index contributed by atoms with van der Waals surface area (Å²) in [7, 11) is 4.97.